The zero-order valence-electron chi connectivity index (χ0n) is 9.69. The van der Waals surface area contributed by atoms with Crippen molar-refractivity contribution in [3.8, 4) is 0 Å². The lowest BCUT2D eigenvalue weighted by atomic mass is 10.2. The molecule has 2 aromatic carbocycles. The molecule has 0 saturated heterocycles. The minimum Gasteiger partial charge on any atom is -0.322 e. The topological polar surface area (TPSA) is 46.2 Å². The van der Waals surface area contributed by atoms with E-state index in [0.29, 0.717) is 21.8 Å². The molecular weight excluding hydrogens is 285 g/mol. The van der Waals surface area contributed by atoms with Crippen molar-refractivity contribution in [3.05, 3.63) is 64.7 Å². The number of nitrogens with one attached hydrogen (secondary N) is 1. The van der Waals surface area contributed by atoms with Crippen LogP contribution in [0.5, 0.6) is 0 Å². The normalized spacial score (nSPS) is 10.0. The van der Waals surface area contributed by atoms with E-state index in [1.54, 1.807) is 42.5 Å². The summed E-state index contributed by atoms with van der Waals surface area (Å²) in [4.78, 5) is 23.0. The number of hydrogen-bond acceptors (Lipinski definition) is 2. The van der Waals surface area contributed by atoms with Crippen molar-refractivity contribution in [2.45, 2.75) is 0 Å². The molecule has 0 aliphatic heterocycles. The third-order valence-electron chi connectivity index (χ3n) is 2.43. The van der Waals surface area contributed by atoms with Crippen molar-refractivity contribution in [3.63, 3.8) is 0 Å². The van der Waals surface area contributed by atoms with Gasteiger partial charge in [-0.2, -0.15) is 0 Å². The molecule has 0 unspecified atom stereocenters. The summed E-state index contributed by atoms with van der Waals surface area (Å²) >= 11 is 11.2. The van der Waals surface area contributed by atoms with Crippen LogP contribution in [0.15, 0.2) is 48.5 Å². The first-order valence-corrected chi connectivity index (χ1v) is 6.18. The molecule has 96 valence electrons. The first-order chi connectivity index (χ1) is 9.06. The first kappa shape index (κ1) is 13.6. The monoisotopic (exact) mass is 293 g/mol. The van der Waals surface area contributed by atoms with Crippen LogP contribution in [0.1, 0.15) is 20.7 Å². The lowest BCUT2D eigenvalue weighted by Gasteiger charge is -2.06. The zero-order chi connectivity index (χ0) is 13.8. The van der Waals surface area contributed by atoms with E-state index in [4.69, 9.17) is 23.2 Å². The average molecular weight is 294 g/mol. The highest BCUT2D eigenvalue weighted by atomic mass is 35.5. The van der Waals surface area contributed by atoms with Crippen molar-refractivity contribution < 1.29 is 9.59 Å². The Hall–Kier alpha value is -1.84. The van der Waals surface area contributed by atoms with Crippen LogP contribution >= 0.6 is 23.2 Å². The van der Waals surface area contributed by atoms with Gasteiger partial charge in [0.2, 0.25) is 0 Å². The first-order valence-electron chi connectivity index (χ1n) is 5.43. The molecule has 0 radical (unpaired) electrons. The molecule has 0 bridgehead atoms. The molecule has 0 fully saturated rings. The Morgan fingerprint density at radius 1 is 0.947 bits per heavy atom. The highest BCUT2D eigenvalue weighted by Gasteiger charge is 2.08. The van der Waals surface area contributed by atoms with Gasteiger partial charge in [-0.15, -0.1) is 0 Å². The fourth-order valence-corrected chi connectivity index (χ4v) is 1.86. The van der Waals surface area contributed by atoms with Crippen molar-refractivity contribution in [2.75, 3.05) is 5.32 Å². The number of amides is 1. The summed E-state index contributed by atoms with van der Waals surface area (Å²) in [6.07, 6.45) is 0. The van der Waals surface area contributed by atoms with Crippen LogP contribution in [0, 0.1) is 0 Å². The predicted molar refractivity (Wildman–Crippen MR) is 76.0 cm³/mol. The van der Waals surface area contributed by atoms with E-state index in [1.807, 2.05) is 0 Å². The summed E-state index contributed by atoms with van der Waals surface area (Å²) in [5.41, 5.74) is 1.26. The number of carbonyl (C=O) groups is 2. The molecule has 3 nitrogen and oxygen atoms in total. The van der Waals surface area contributed by atoms with Gasteiger partial charge in [-0.3, -0.25) is 9.59 Å². The molecule has 0 aliphatic carbocycles. The molecule has 0 atom stereocenters. The summed E-state index contributed by atoms with van der Waals surface area (Å²) in [5.74, 6) is -0.304. The van der Waals surface area contributed by atoms with Gasteiger partial charge in [-0.05, 0) is 48.0 Å². The second kappa shape index (κ2) is 5.87. The van der Waals surface area contributed by atoms with Crippen LogP contribution in [0.3, 0.4) is 0 Å². The molecule has 2 aromatic rings. The number of benzene rings is 2. The highest BCUT2D eigenvalue weighted by Crippen LogP contribution is 2.15. The molecule has 0 saturated carbocycles. The molecule has 0 heterocycles. The van der Waals surface area contributed by atoms with Gasteiger partial charge in [0.1, 0.15) is 0 Å². The van der Waals surface area contributed by atoms with Crippen LogP contribution in [-0.2, 0) is 0 Å². The molecule has 1 N–H and O–H groups in total. The Morgan fingerprint density at radius 2 is 1.63 bits per heavy atom. The maximum atomic E-state index is 12.0. The van der Waals surface area contributed by atoms with Crippen molar-refractivity contribution >= 4 is 40.0 Å². The summed E-state index contributed by atoms with van der Waals surface area (Å²) in [5, 5.41) is 2.59. The molecule has 5 heteroatoms. The Bertz CT molecular complexity index is 641. The minimum absolute atomic E-state index is 0.304. The molecule has 19 heavy (non-hydrogen) atoms. The van der Waals surface area contributed by atoms with Gasteiger partial charge in [0, 0.05) is 21.8 Å². The Morgan fingerprint density at radius 3 is 2.32 bits per heavy atom. The fraction of sp³-hybridized carbons (Fsp3) is 0. The smallest absolute Gasteiger partial charge is 0.255 e. The molecule has 0 aromatic heterocycles. The SMILES string of the molecule is O=C(Cl)c1cccc(NC(=O)c2cccc(Cl)c2)c1. The third-order valence-corrected chi connectivity index (χ3v) is 2.89. The van der Waals surface area contributed by atoms with Gasteiger partial charge >= 0.3 is 0 Å². The van der Waals surface area contributed by atoms with Crippen molar-refractivity contribution in [1.82, 2.24) is 0 Å². The van der Waals surface area contributed by atoms with Gasteiger partial charge in [-0.1, -0.05) is 23.7 Å². The van der Waals surface area contributed by atoms with E-state index in [-0.39, 0.29) is 5.91 Å². The predicted octanol–water partition coefficient (Wildman–Crippen LogP) is 3.97. The lowest BCUT2D eigenvalue weighted by Crippen LogP contribution is -2.12. The second-order valence-electron chi connectivity index (χ2n) is 3.82. The van der Waals surface area contributed by atoms with Crippen molar-refractivity contribution in [2.24, 2.45) is 0 Å². The van der Waals surface area contributed by atoms with E-state index in [2.05, 4.69) is 5.32 Å². The van der Waals surface area contributed by atoms with Crippen LogP contribution in [0.25, 0.3) is 0 Å². The van der Waals surface area contributed by atoms with E-state index in [1.165, 1.54) is 6.07 Å². The van der Waals surface area contributed by atoms with Gasteiger partial charge < -0.3 is 5.32 Å². The summed E-state index contributed by atoms with van der Waals surface area (Å²) < 4.78 is 0. The van der Waals surface area contributed by atoms with Crippen LogP contribution in [-0.4, -0.2) is 11.1 Å². The quantitative estimate of drug-likeness (QED) is 0.871. The largest absolute Gasteiger partial charge is 0.322 e. The summed E-state index contributed by atoms with van der Waals surface area (Å²) in [6.45, 7) is 0. The fourth-order valence-electron chi connectivity index (χ4n) is 1.55. The van der Waals surface area contributed by atoms with E-state index < -0.39 is 5.24 Å². The standard InChI is InChI=1S/C14H9Cl2NO2/c15-11-5-1-4-10(7-11)14(19)17-12-6-2-3-9(8-12)13(16)18/h1-8H,(H,17,19). The zero-order valence-corrected chi connectivity index (χ0v) is 11.2. The molecule has 1 amide bonds. The van der Waals surface area contributed by atoms with E-state index in [0.717, 1.165) is 0 Å². The number of carbonyl (C=O) groups excluding carboxylic acids is 2. The molecule has 0 aliphatic rings. The van der Waals surface area contributed by atoms with E-state index in [9.17, 15) is 9.59 Å². The van der Waals surface area contributed by atoms with Crippen molar-refractivity contribution in [1.29, 1.82) is 0 Å². The summed E-state index contributed by atoms with van der Waals surface area (Å²) in [6, 6.07) is 13.0. The minimum atomic E-state index is -0.571. The lowest BCUT2D eigenvalue weighted by molar-refractivity contribution is 0.102. The third kappa shape index (κ3) is 3.56. The molecule has 0 spiro atoms. The van der Waals surface area contributed by atoms with E-state index >= 15 is 0 Å². The summed E-state index contributed by atoms with van der Waals surface area (Å²) in [7, 11) is 0. The Kier molecular flexibility index (Phi) is 4.20. The van der Waals surface area contributed by atoms with Gasteiger partial charge in [0.05, 0.1) is 0 Å². The number of halogens is 2. The maximum Gasteiger partial charge on any atom is 0.255 e. The highest BCUT2D eigenvalue weighted by molar-refractivity contribution is 6.67. The van der Waals surface area contributed by atoms with Gasteiger partial charge in [-0.25, -0.2) is 0 Å². The van der Waals surface area contributed by atoms with Gasteiger partial charge in [0.15, 0.2) is 0 Å². The second-order valence-corrected chi connectivity index (χ2v) is 4.60. The number of hydrogen-bond donors (Lipinski definition) is 1. The molecule has 2 rings (SSSR count). The Balaban J connectivity index is 2.19. The van der Waals surface area contributed by atoms with Crippen LogP contribution in [0.2, 0.25) is 5.02 Å². The van der Waals surface area contributed by atoms with Crippen LogP contribution < -0.4 is 5.32 Å². The van der Waals surface area contributed by atoms with Crippen LogP contribution in [0.4, 0.5) is 5.69 Å². The Labute approximate surface area is 120 Å². The number of anilines is 1. The average Bonchev–Trinajstić information content (AvgIpc) is 2.39. The maximum absolute atomic E-state index is 12.0. The number of rotatable bonds is 3. The van der Waals surface area contributed by atoms with Gasteiger partial charge in [0.25, 0.3) is 11.1 Å². The molecular formula is C14H9Cl2NO2.